The van der Waals surface area contributed by atoms with Gasteiger partial charge in [-0.15, -0.1) is 0 Å². The molecule has 0 radical (unpaired) electrons. The third-order valence-electron chi connectivity index (χ3n) is 6.98. The fraction of sp³-hybridized carbons (Fsp3) is 0.385. The molecule has 1 N–H and O–H groups in total. The Balaban J connectivity index is 1.62. The van der Waals surface area contributed by atoms with Gasteiger partial charge < -0.3 is 14.8 Å². The molecule has 2 aliphatic rings. The summed E-state index contributed by atoms with van der Waals surface area (Å²) in [5, 5.41) is 4.15. The van der Waals surface area contributed by atoms with Crippen LogP contribution in [0.3, 0.4) is 0 Å². The summed E-state index contributed by atoms with van der Waals surface area (Å²) in [7, 11) is 0. The van der Waals surface area contributed by atoms with Crippen molar-refractivity contribution in [2.45, 2.75) is 64.1 Å². The third kappa shape index (κ3) is 3.71. The van der Waals surface area contributed by atoms with Gasteiger partial charge in [0.15, 0.2) is 5.11 Å². The number of nitrogens with zero attached hydrogens (tertiary/aromatic N) is 3. The third-order valence-corrected chi connectivity index (χ3v) is 7.30. The van der Waals surface area contributed by atoms with Gasteiger partial charge in [-0.2, -0.15) is 0 Å². The molecule has 6 heteroatoms. The zero-order chi connectivity index (χ0) is 22.2. The molecular formula is C26H29FN4S. The summed E-state index contributed by atoms with van der Waals surface area (Å²) in [6, 6.07) is 15.3. The molecule has 32 heavy (non-hydrogen) atoms. The molecule has 0 bridgehead atoms. The van der Waals surface area contributed by atoms with Crippen molar-refractivity contribution in [1.29, 1.82) is 0 Å². The maximum Gasteiger partial charge on any atom is 0.174 e. The van der Waals surface area contributed by atoms with E-state index in [1.54, 1.807) is 12.1 Å². The minimum absolute atomic E-state index is 0.0635. The van der Waals surface area contributed by atoms with Crippen molar-refractivity contribution < 1.29 is 4.39 Å². The summed E-state index contributed by atoms with van der Waals surface area (Å²) in [6.07, 6.45) is 8.23. The summed E-state index contributed by atoms with van der Waals surface area (Å²) in [5.74, 6) is -0.250. The van der Waals surface area contributed by atoms with E-state index in [-0.39, 0.29) is 17.9 Å². The Hall–Kier alpha value is -2.73. The molecule has 2 aromatic heterocycles. The van der Waals surface area contributed by atoms with Crippen molar-refractivity contribution in [3.63, 3.8) is 0 Å². The zero-order valence-corrected chi connectivity index (χ0v) is 19.4. The SMILES string of the molecule is Cc1cc(C2C(c3ccccn3)NC(=S)N2c2ccc(F)cc2)c(C)n1C1CCCCC1. The number of hydrogen-bond acceptors (Lipinski definition) is 2. The molecule has 1 saturated carbocycles. The van der Waals surface area contributed by atoms with Gasteiger partial charge in [-0.25, -0.2) is 4.39 Å². The molecule has 1 saturated heterocycles. The molecule has 3 heterocycles. The van der Waals surface area contributed by atoms with Crippen LogP contribution in [0.4, 0.5) is 10.1 Å². The van der Waals surface area contributed by atoms with Crippen LogP contribution in [0.15, 0.2) is 54.7 Å². The summed E-state index contributed by atoms with van der Waals surface area (Å²) in [4.78, 5) is 6.77. The molecule has 1 aliphatic heterocycles. The van der Waals surface area contributed by atoms with E-state index in [0.29, 0.717) is 11.2 Å². The Morgan fingerprint density at radius 2 is 1.78 bits per heavy atom. The van der Waals surface area contributed by atoms with Gasteiger partial charge in [0.25, 0.3) is 0 Å². The lowest BCUT2D eigenvalue weighted by molar-refractivity contribution is 0.345. The van der Waals surface area contributed by atoms with Gasteiger partial charge >= 0.3 is 0 Å². The van der Waals surface area contributed by atoms with E-state index < -0.39 is 0 Å². The number of halogens is 1. The average Bonchev–Trinajstić information content (AvgIpc) is 3.31. The molecule has 166 valence electrons. The van der Waals surface area contributed by atoms with Crippen LogP contribution in [-0.4, -0.2) is 14.7 Å². The van der Waals surface area contributed by atoms with Crippen molar-refractivity contribution >= 4 is 23.0 Å². The predicted octanol–water partition coefficient (Wildman–Crippen LogP) is 6.32. The Labute approximate surface area is 194 Å². The van der Waals surface area contributed by atoms with E-state index in [1.165, 1.54) is 61.2 Å². The molecular weight excluding hydrogens is 419 g/mol. The van der Waals surface area contributed by atoms with Crippen molar-refractivity contribution in [2.24, 2.45) is 0 Å². The molecule has 1 aliphatic carbocycles. The van der Waals surface area contributed by atoms with Gasteiger partial charge in [0.2, 0.25) is 0 Å². The number of hydrogen-bond donors (Lipinski definition) is 1. The fourth-order valence-electron chi connectivity index (χ4n) is 5.55. The van der Waals surface area contributed by atoms with Gasteiger partial charge in [-0.05, 0) is 86.9 Å². The Kier molecular flexibility index (Phi) is 5.72. The highest BCUT2D eigenvalue weighted by Crippen LogP contribution is 2.44. The highest BCUT2D eigenvalue weighted by atomic mass is 32.1. The van der Waals surface area contributed by atoms with E-state index in [4.69, 9.17) is 12.2 Å². The minimum atomic E-state index is -0.250. The normalized spacial score (nSPS) is 21.7. The summed E-state index contributed by atoms with van der Waals surface area (Å²) < 4.78 is 16.2. The van der Waals surface area contributed by atoms with Crippen LogP contribution in [0.25, 0.3) is 0 Å². The molecule has 0 amide bonds. The number of thiocarbonyl (C=S) groups is 1. The Morgan fingerprint density at radius 3 is 2.47 bits per heavy atom. The molecule has 4 nitrogen and oxygen atoms in total. The lowest BCUT2D eigenvalue weighted by Gasteiger charge is -2.30. The number of rotatable bonds is 4. The molecule has 2 unspecified atom stereocenters. The summed E-state index contributed by atoms with van der Waals surface area (Å²) in [6.45, 7) is 4.44. The highest BCUT2D eigenvalue weighted by molar-refractivity contribution is 7.80. The number of aromatic nitrogens is 2. The van der Waals surface area contributed by atoms with Gasteiger partial charge in [0.1, 0.15) is 5.82 Å². The number of pyridine rings is 1. The summed E-state index contributed by atoms with van der Waals surface area (Å²) in [5.41, 5.74) is 5.67. The topological polar surface area (TPSA) is 33.1 Å². The first-order valence-corrected chi connectivity index (χ1v) is 11.9. The number of nitrogens with one attached hydrogen (secondary N) is 1. The minimum Gasteiger partial charge on any atom is -0.351 e. The molecule has 2 fully saturated rings. The quantitative estimate of drug-likeness (QED) is 0.474. The first-order valence-electron chi connectivity index (χ1n) is 11.5. The van der Waals surface area contributed by atoms with Crippen LogP contribution >= 0.6 is 12.2 Å². The number of anilines is 1. The fourth-order valence-corrected chi connectivity index (χ4v) is 5.90. The van der Waals surface area contributed by atoms with E-state index in [0.717, 1.165) is 11.4 Å². The van der Waals surface area contributed by atoms with Crippen LogP contribution < -0.4 is 10.2 Å². The predicted molar refractivity (Wildman–Crippen MR) is 130 cm³/mol. The van der Waals surface area contributed by atoms with Gasteiger partial charge in [0, 0.05) is 29.3 Å². The van der Waals surface area contributed by atoms with Crippen molar-refractivity contribution in [3.05, 3.63) is 83.2 Å². The largest absolute Gasteiger partial charge is 0.351 e. The molecule has 1 aromatic carbocycles. The van der Waals surface area contributed by atoms with E-state index in [9.17, 15) is 4.39 Å². The number of benzene rings is 1. The average molecular weight is 449 g/mol. The van der Waals surface area contributed by atoms with Crippen LogP contribution in [0, 0.1) is 19.7 Å². The van der Waals surface area contributed by atoms with Crippen molar-refractivity contribution in [3.8, 4) is 0 Å². The summed E-state index contributed by atoms with van der Waals surface area (Å²) >= 11 is 5.80. The van der Waals surface area contributed by atoms with E-state index in [2.05, 4.69) is 39.7 Å². The van der Waals surface area contributed by atoms with Crippen LogP contribution in [0.2, 0.25) is 0 Å². The van der Waals surface area contributed by atoms with Gasteiger partial charge in [0.05, 0.1) is 17.8 Å². The van der Waals surface area contributed by atoms with Crippen LogP contribution in [0.1, 0.15) is 72.9 Å². The monoisotopic (exact) mass is 448 g/mol. The second-order valence-corrected chi connectivity index (χ2v) is 9.35. The van der Waals surface area contributed by atoms with E-state index >= 15 is 0 Å². The van der Waals surface area contributed by atoms with Gasteiger partial charge in [-0.1, -0.05) is 25.3 Å². The van der Waals surface area contributed by atoms with Crippen molar-refractivity contribution in [1.82, 2.24) is 14.9 Å². The first kappa shape index (κ1) is 21.1. The molecule has 2 atom stereocenters. The Morgan fingerprint density at radius 1 is 1.03 bits per heavy atom. The lowest BCUT2D eigenvalue weighted by Crippen LogP contribution is -2.29. The highest BCUT2D eigenvalue weighted by Gasteiger charge is 2.42. The standard InChI is InChI=1S/C26H29FN4S/c1-17-16-22(18(2)30(17)20-8-4-3-5-9-20)25-24(23-10-6-7-15-28-23)29-26(32)31(25)21-13-11-19(27)12-14-21/h6-7,10-16,20,24-25H,3-5,8-9H2,1-2H3,(H,29,32). The maximum absolute atomic E-state index is 13.7. The second-order valence-electron chi connectivity index (χ2n) is 8.96. The first-order chi connectivity index (χ1) is 15.5. The number of aryl methyl sites for hydroxylation is 1. The van der Waals surface area contributed by atoms with Crippen LogP contribution in [-0.2, 0) is 0 Å². The Bertz CT molecular complexity index is 1100. The van der Waals surface area contributed by atoms with Crippen molar-refractivity contribution in [2.75, 3.05) is 4.90 Å². The maximum atomic E-state index is 13.7. The lowest BCUT2D eigenvalue weighted by atomic mass is 9.94. The molecule has 5 rings (SSSR count). The molecule has 3 aromatic rings. The van der Waals surface area contributed by atoms with E-state index in [1.807, 2.05) is 24.4 Å². The molecule has 0 spiro atoms. The second kappa shape index (κ2) is 8.66. The smallest absolute Gasteiger partial charge is 0.174 e. The van der Waals surface area contributed by atoms with Gasteiger partial charge in [-0.3, -0.25) is 4.98 Å². The zero-order valence-electron chi connectivity index (χ0n) is 18.6. The van der Waals surface area contributed by atoms with Crippen LogP contribution in [0.5, 0.6) is 0 Å².